The molecule has 0 fully saturated rings. The van der Waals surface area contributed by atoms with Crippen molar-refractivity contribution >= 4 is 11.6 Å². The van der Waals surface area contributed by atoms with Crippen LogP contribution >= 0.6 is 0 Å². The number of carbonyl (C=O) groups excluding carboxylic acids is 1. The van der Waals surface area contributed by atoms with Crippen molar-refractivity contribution in [2.45, 2.75) is 38.9 Å². The number of benzene rings is 1. The van der Waals surface area contributed by atoms with Crippen LogP contribution in [0, 0.1) is 6.92 Å². The van der Waals surface area contributed by atoms with Crippen molar-refractivity contribution in [1.29, 1.82) is 0 Å². The lowest BCUT2D eigenvalue weighted by molar-refractivity contribution is -0.145. The maximum atomic E-state index is 13.8. The Hall–Kier alpha value is -3.47. The number of hydroxylamine groups is 1. The minimum Gasteiger partial charge on any atom is -0.368 e. The fraction of sp³-hybridized carbons (Fsp3) is 0.300. The van der Waals surface area contributed by atoms with Crippen LogP contribution in [0.1, 0.15) is 53.5 Å². The molecule has 1 aromatic carbocycles. The summed E-state index contributed by atoms with van der Waals surface area (Å²) >= 11 is 0. The van der Waals surface area contributed by atoms with Crippen LogP contribution in [0.15, 0.2) is 36.5 Å². The number of aryl methyl sites for hydroxylation is 1. The topological polar surface area (TPSA) is 116 Å². The Balaban J connectivity index is 1.96. The summed E-state index contributed by atoms with van der Waals surface area (Å²) in [6.07, 6.45) is -3.42. The van der Waals surface area contributed by atoms with Crippen molar-refractivity contribution < 1.29 is 23.2 Å². The number of carbonyl (C=O) groups is 1. The van der Waals surface area contributed by atoms with E-state index in [9.17, 15) is 18.0 Å². The average molecular weight is 434 g/mol. The molecule has 1 atom stereocenters. The number of aromatic amines is 1. The summed E-state index contributed by atoms with van der Waals surface area (Å²) < 4.78 is 41.5. The van der Waals surface area contributed by atoms with Crippen LogP contribution in [0.3, 0.4) is 0 Å². The van der Waals surface area contributed by atoms with Crippen LogP contribution < -0.4 is 10.8 Å². The minimum absolute atomic E-state index is 0.0459. The van der Waals surface area contributed by atoms with Crippen molar-refractivity contribution in [3.63, 3.8) is 0 Å². The number of H-pyrrole nitrogens is 1. The van der Waals surface area contributed by atoms with E-state index in [4.69, 9.17) is 5.21 Å². The molecular weight excluding hydrogens is 413 g/mol. The zero-order valence-corrected chi connectivity index (χ0v) is 16.9. The van der Waals surface area contributed by atoms with Gasteiger partial charge in [0.1, 0.15) is 5.82 Å². The van der Waals surface area contributed by atoms with Gasteiger partial charge in [0, 0.05) is 17.4 Å². The number of hydrogen-bond donors (Lipinski definition) is 4. The van der Waals surface area contributed by atoms with E-state index in [2.05, 4.69) is 25.3 Å². The van der Waals surface area contributed by atoms with Gasteiger partial charge in [0.05, 0.1) is 17.1 Å². The summed E-state index contributed by atoms with van der Waals surface area (Å²) in [6, 6.07) is 4.49. The van der Waals surface area contributed by atoms with Gasteiger partial charge in [0.25, 0.3) is 5.91 Å². The highest BCUT2D eigenvalue weighted by Crippen LogP contribution is 2.35. The second-order valence-electron chi connectivity index (χ2n) is 7.17. The van der Waals surface area contributed by atoms with Gasteiger partial charge in [-0.2, -0.15) is 13.2 Å². The lowest BCUT2D eigenvalue weighted by Crippen LogP contribution is -2.29. The average Bonchev–Trinajstić information content (AvgIpc) is 3.13. The Kier molecular flexibility index (Phi) is 6.25. The molecule has 2 heterocycles. The third kappa shape index (κ3) is 5.00. The van der Waals surface area contributed by atoms with E-state index in [0.717, 1.165) is 0 Å². The molecule has 8 nitrogen and oxygen atoms in total. The van der Waals surface area contributed by atoms with Gasteiger partial charge in [-0.3, -0.25) is 10.0 Å². The molecule has 0 saturated heterocycles. The standard InChI is InChI=1S/C20H21F3N6O2/c1-10(2)15-16(26-11(3)25-15)14-8-9-24-18(28-14)17(20(21,22)23)27-13-6-4-12(5-7-13)19(30)29-31/h4-10,17,27,31H,1-3H3,(H,25,26)(H,29,30). The third-order valence-electron chi connectivity index (χ3n) is 4.47. The van der Waals surface area contributed by atoms with Crippen LogP contribution in [0.25, 0.3) is 11.4 Å². The smallest absolute Gasteiger partial charge is 0.368 e. The summed E-state index contributed by atoms with van der Waals surface area (Å²) in [7, 11) is 0. The molecular formula is C20H21F3N6O2. The highest BCUT2D eigenvalue weighted by Gasteiger charge is 2.43. The summed E-state index contributed by atoms with van der Waals surface area (Å²) in [5, 5.41) is 11.0. The molecule has 3 aromatic rings. The minimum atomic E-state index is -4.69. The number of nitrogens with one attached hydrogen (secondary N) is 3. The van der Waals surface area contributed by atoms with E-state index < -0.39 is 23.9 Å². The Morgan fingerprint density at radius 1 is 1.13 bits per heavy atom. The van der Waals surface area contributed by atoms with E-state index in [-0.39, 0.29) is 17.2 Å². The van der Waals surface area contributed by atoms with E-state index in [1.807, 2.05) is 13.8 Å². The summed E-state index contributed by atoms with van der Waals surface area (Å²) in [5.74, 6) is -0.546. The van der Waals surface area contributed by atoms with Gasteiger partial charge in [0.2, 0.25) is 0 Å². The van der Waals surface area contributed by atoms with Gasteiger partial charge in [0.15, 0.2) is 11.9 Å². The molecule has 2 aromatic heterocycles. The SMILES string of the molecule is Cc1nc(C(C)C)c(-c2ccnc(C(Nc3ccc(C(=O)NO)cc3)C(F)(F)F)n2)[nH]1. The lowest BCUT2D eigenvalue weighted by Gasteiger charge is -2.22. The molecule has 31 heavy (non-hydrogen) atoms. The molecule has 164 valence electrons. The van der Waals surface area contributed by atoms with Gasteiger partial charge in [-0.05, 0) is 43.2 Å². The first-order valence-corrected chi connectivity index (χ1v) is 9.37. The van der Waals surface area contributed by atoms with Crippen molar-refractivity contribution in [1.82, 2.24) is 25.4 Å². The molecule has 0 saturated carbocycles. The van der Waals surface area contributed by atoms with Gasteiger partial charge in [-0.1, -0.05) is 13.8 Å². The second kappa shape index (κ2) is 8.72. The maximum Gasteiger partial charge on any atom is 0.415 e. The van der Waals surface area contributed by atoms with E-state index in [1.54, 1.807) is 6.92 Å². The predicted molar refractivity (Wildman–Crippen MR) is 107 cm³/mol. The first-order chi connectivity index (χ1) is 14.6. The molecule has 1 unspecified atom stereocenters. The summed E-state index contributed by atoms with van der Waals surface area (Å²) in [6.45, 7) is 5.63. The zero-order valence-electron chi connectivity index (χ0n) is 16.9. The van der Waals surface area contributed by atoms with E-state index >= 15 is 0 Å². The number of imidazole rings is 1. The van der Waals surface area contributed by atoms with Gasteiger partial charge in [-0.15, -0.1) is 0 Å². The van der Waals surface area contributed by atoms with Crippen molar-refractivity contribution in [2.75, 3.05) is 5.32 Å². The van der Waals surface area contributed by atoms with Gasteiger partial charge in [-0.25, -0.2) is 20.4 Å². The quantitative estimate of drug-likeness (QED) is 0.342. The summed E-state index contributed by atoms with van der Waals surface area (Å²) in [4.78, 5) is 26.9. The van der Waals surface area contributed by atoms with E-state index in [0.29, 0.717) is 22.9 Å². The molecule has 0 aliphatic heterocycles. The molecule has 1 amide bonds. The summed E-state index contributed by atoms with van der Waals surface area (Å²) in [5.41, 5.74) is 3.21. The van der Waals surface area contributed by atoms with Gasteiger partial charge < -0.3 is 10.3 Å². The first-order valence-electron chi connectivity index (χ1n) is 9.37. The van der Waals surface area contributed by atoms with Gasteiger partial charge >= 0.3 is 6.18 Å². The Bertz CT molecular complexity index is 1060. The maximum absolute atomic E-state index is 13.8. The Morgan fingerprint density at radius 2 is 1.81 bits per heavy atom. The predicted octanol–water partition coefficient (Wildman–Crippen LogP) is 4.13. The fourth-order valence-corrected chi connectivity index (χ4v) is 3.02. The zero-order chi connectivity index (χ0) is 22.8. The van der Waals surface area contributed by atoms with E-state index in [1.165, 1.54) is 42.0 Å². The number of anilines is 1. The van der Waals surface area contributed by atoms with Crippen LogP contribution in [0.5, 0.6) is 0 Å². The van der Waals surface area contributed by atoms with Crippen LogP contribution in [0.4, 0.5) is 18.9 Å². The Labute approximate surface area is 175 Å². The largest absolute Gasteiger partial charge is 0.415 e. The monoisotopic (exact) mass is 434 g/mol. The van der Waals surface area contributed by atoms with Crippen LogP contribution in [-0.2, 0) is 0 Å². The highest BCUT2D eigenvalue weighted by atomic mass is 19.4. The van der Waals surface area contributed by atoms with Crippen LogP contribution in [0.2, 0.25) is 0 Å². The number of amides is 1. The van der Waals surface area contributed by atoms with Crippen molar-refractivity contribution in [3.05, 3.63) is 59.4 Å². The molecule has 0 spiro atoms. The van der Waals surface area contributed by atoms with Crippen LogP contribution in [-0.4, -0.2) is 37.2 Å². The molecule has 11 heteroatoms. The lowest BCUT2D eigenvalue weighted by atomic mass is 10.1. The number of halogens is 3. The van der Waals surface area contributed by atoms with Crippen molar-refractivity contribution in [3.8, 4) is 11.4 Å². The number of aromatic nitrogens is 4. The second-order valence-corrected chi connectivity index (χ2v) is 7.17. The normalized spacial score (nSPS) is 12.6. The van der Waals surface area contributed by atoms with Crippen molar-refractivity contribution in [2.24, 2.45) is 0 Å². The molecule has 3 rings (SSSR count). The first kappa shape index (κ1) is 22.2. The number of nitrogens with zero attached hydrogens (tertiary/aromatic N) is 3. The highest BCUT2D eigenvalue weighted by molar-refractivity contribution is 5.93. The molecule has 0 bridgehead atoms. The number of rotatable bonds is 6. The molecule has 4 N–H and O–H groups in total. The molecule has 0 aliphatic carbocycles. The number of hydrogen-bond acceptors (Lipinski definition) is 6. The molecule has 0 aliphatic rings. The number of alkyl halides is 3. The Morgan fingerprint density at radius 3 is 2.39 bits per heavy atom. The molecule has 0 radical (unpaired) electrons. The third-order valence-corrected chi connectivity index (χ3v) is 4.47. The fourth-order valence-electron chi connectivity index (χ4n) is 3.02.